The zero-order valence-electron chi connectivity index (χ0n) is 12.1. The minimum Gasteiger partial charge on any atom is -0.481 e. The first-order valence-corrected chi connectivity index (χ1v) is 7.03. The van der Waals surface area contributed by atoms with Crippen LogP contribution in [0.15, 0.2) is 0 Å². The predicted octanol–water partition coefficient (Wildman–Crippen LogP) is 0.504. The quantitative estimate of drug-likeness (QED) is 0.679. The van der Waals surface area contributed by atoms with Crippen LogP contribution in [0.5, 0.6) is 0 Å². The molecule has 0 aliphatic heterocycles. The van der Waals surface area contributed by atoms with Gasteiger partial charge in [0.1, 0.15) is 6.54 Å². The van der Waals surface area contributed by atoms with Crippen LogP contribution >= 0.6 is 0 Å². The van der Waals surface area contributed by atoms with E-state index < -0.39 is 5.97 Å². The first-order valence-electron chi connectivity index (χ1n) is 7.03. The van der Waals surface area contributed by atoms with Crippen LogP contribution in [0.25, 0.3) is 0 Å². The van der Waals surface area contributed by atoms with E-state index >= 15 is 0 Å². The number of amides is 3. The summed E-state index contributed by atoms with van der Waals surface area (Å²) in [5, 5.41) is 11.4. The maximum atomic E-state index is 12.4. The third-order valence-corrected chi connectivity index (χ3v) is 3.16. The first-order chi connectivity index (χ1) is 9.49. The summed E-state index contributed by atoms with van der Waals surface area (Å²) in [6.45, 7) is 4.78. The Labute approximate surface area is 118 Å². The molecule has 0 aromatic rings. The summed E-state index contributed by atoms with van der Waals surface area (Å²) in [6.07, 6.45) is 1.75. The number of carbonyl (C=O) groups excluding carboxylic acids is 2. The molecule has 0 unspecified atom stereocenters. The van der Waals surface area contributed by atoms with Gasteiger partial charge in [-0.15, -0.1) is 0 Å². The second-order valence-electron chi connectivity index (χ2n) is 4.82. The van der Waals surface area contributed by atoms with E-state index in [1.807, 2.05) is 6.92 Å². The molecule has 20 heavy (non-hydrogen) atoms. The Morgan fingerprint density at radius 3 is 2.35 bits per heavy atom. The summed E-state index contributed by atoms with van der Waals surface area (Å²) < 4.78 is 0. The van der Waals surface area contributed by atoms with Crippen molar-refractivity contribution in [2.24, 2.45) is 0 Å². The lowest BCUT2D eigenvalue weighted by atomic mass is 10.3. The van der Waals surface area contributed by atoms with Crippen LogP contribution in [0.4, 0.5) is 4.79 Å². The van der Waals surface area contributed by atoms with Crippen molar-refractivity contribution in [2.75, 3.05) is 26.2 Å². The van der Waals surface area contributed by atoms with Gasteiger partial charge < -0.3 is 20.2 Å². The Morgan fingerprint density at radius 1 is 1.25 bits per heavy atom. The minimum absolute atomic E-state index is 0.0134. The van der Waals surface area contributed by atoms with Gasteiger partial charge in [0, 0.05) is 25.7 Å². The fraction of sp³-hybridized carbons (Fsp3) is 0.769. The van der Waals surface area contributed by atoms with E-state index in [9.17, 15) is 14.4 Å². The molecule has 7 heteroatoms. The number of nitrogens with zero attached hydrogens (tertiary/aromatic N) is 2. The van der Waals surface area contributed by atoms with Gasteiger partial charge in [-0.05, 0) is 26.7 Å². The second-order valence-corrected chi connectivity index (χ2v) is 4.82. The number of likely N-dealkylation sites (N-methyl/N-ethyl adjacent to an activating group) is 2. The number of aliphatic carboxylic acids is 1. The number of hydrogen-bond donors (Lipinski definition) is 2. The molecular formula is C13H23N3O4. The second kappa shape index (κ2) is 7.72. The molecule has 0 aromatic carbocycles. The van der Waals surface area contributed by atoms with E-state index in [1.54, 1.807) is 11.8 Å². The van der Waals surface area contributed by atoms with Crippen molar-refractivity contribution in [3.63, 3.8) is 0 Å². The molecule has 0 radical (unpaired) electrons. The van der Waals surface area contributed by atoms with Crippen LogP contribution in [0, 0.1) is 0 Å². The van der Waals surface area contributed by atoms with Gasteiger partial charge in [0.2, 0.25) is 5.91 Å². The summed E-state index contributed by atoms with van der Waals surface area (Å²) >= 11 is 0. The number of carboxylic acids is 1. The molecular weight excluding hydrogens is 262 g/mol. The normalized spacial score (nSPS) is 13.7. The fourth-order valence-corrected chi connectivity index (χ4v) is 1.96. The smallest absolute Gasteiger partial charge is 0.320 e. The predicted molar refractivity (Wildman–Crippen MR) is 73.3 cm³/mol. The van der Waals surface area contributed by atoms with Gasteiger partial charge in [0.15, 0.2) is 0 Å². The van der Waals surface area contributed by atoms with Gasteiger partial charge >= 0.3 is 12.0 Å². The van der Waals surface area contributed by atoms with Crippen molar-refractivity contribution in [2.45, 2.75) is 39.2 Å². The molecule has 2 N–H and O–H groups in total. The summed E-state index contributed by atoms with van der Waals surface area (Å²) in [7, 11) is 0. The van der Waals surface area contributed by atoms with Gasteiger partial charge in [-0.2, -0.15) is 0 Å². The Morgan fingerprint density at radius 2 is 1.90 bits per heavy atom. The molecule has 114 valence electrons. The topological polar surface area (TPSA) is 90.0 Å². The maximum Gasteiger partial charge on any atom is 0.320 e. The van der Waals surface area contributed by atoms with Crippen molar-refractivity contribution >= 4 is 17.9 Å². The van der Waals surface area contributed by atoms with Crippen molar-refractivity contribution in [1.29, 1.82) is 0 Å². The molecule has 3 amide bonds. The van der Waals surface area contributed by atoms with Gasteiger partial charge in [-0.3, -0.25) is 9.59 Å². The SMILES string of the molecule is CCNC(=O)CN(CC)C(=O)N(CCC(=O)O)C1CC1. The Bertz CT molecular complexity index is 369. The van der Waals surface area contributed by atoms with Crippen LogP contribution in [0.1, 0.15) is 33.1 Å². The van der Waals surface area contributed by atoms with Gasteiger partial charge in [0.05, 0.1) is 6.42 Å². The standard InChI is InChI=1S/C13H23N3O4/c1-3-14-11(17)9-15(4-2)13(20)16(10-5-6-10)8-7-12(18)19/h10H,3-9H2,1-2H3,(H,14,17)(H,18,19). The van der Waals surface area contributed by atoms with Crippen LogP contribution < -0.4 is 5.32 Å². The number of urea groups is 1. The summed E-state index contributed by atoms with van der Waals surface area (Å²) in [6, 6.07) is -0.118. The molecule has 1 fully saturated rings. The molecule has 1 rings (SSSR count). The lowest BCUT2D eigenvalue weighted by molar-refractivity contribution is -0.137. The zero-order chi connectivity index (χ0) is 15.1. The molecule has 7 nitrogen and oxygen atoms in total. The molecule has 0 saturated heterocycles. The van der Waals surface area contributed by atoms with Crippen LogP contribution in [0.2, 0.25) is 0 Å². The van der Waals surface area contributed by atoms with Gasteiger partial charge in [-0.25, -0.2) is 4.79 Å². The van der Waals surface area contributed by atoms with E-state index in [4.69, 9.17) is 5.11 Å². The number of rotatable bonds is 8. The van der Waals surface area contributed by atoms with E-state index in [0.717, 1.165) is 12.8 Å². The Hall–Kier alpha value is -1.79. The van der Waals surface area contributed by atoms with Gasteiger partial charge in [-0.1, -0.05) is 0 Å². The van der Waals surface area contributed by atoms with E-state index in [-0.39, 0.29) is 37.5 Å². The lowest BCUT2D eigenvalue weighted by Gasteiger charge is -2.29. The molecule has 0 bridgehead atoms. The average Bonchev–Trinajstić information content (AvgIpc) is 3.20. The largest absolute Gasteiger partial charge is 0.481 e. The number of carbonyl (C=O) groups is 3. The van der Waals surface area contributed by atoms with Gasteiger partial charge in [0.25, 0.3) is 0 Å². The molecule has 0 spiro atoms. The van der Waals surface area contributed by atoms with Crippen LogP contribution in [0.3, 0.4) is 0 Å². The van der Waals surface area contributed by atoms with E-state index in [0.29, 0.717) is 13.1 Å². The molecule has 0 atom stereocenters. The number of hydrogen-bond acceptors (Lipinski definition) is 3. The Kier molecular flexibility index (Phi) is 6.27. The Balaban J connectivity index is 2.60. The molecule has 1 saturated carbocycles. The highest BCUT2D eigenvalue weighted by Gasteiger charge is 2.35. The van der Waals surface area contributed by atoms with E-state index in [2.05, 4.69) is 5.32 Å². The maximum absolute atomic E-state index is 12.4. The highest BCUT2D eigenvalue weighted by atomic mass is 16.4. The minimum atomic E-state index is -0.921. The summed E-state index contributed by atoms with van der Waals surface area (Å²) in [4.78, 5) is 37.6. The third-order valence-electron chi connectivity index (χ3n) is 3.16. The highest BCUT2D eigenvalue weighted by Crippen LogP contribution is 2.27. The average molecular weight is 285 g/mol. The van der Waals surface area contributed by atoms with Crippen LogP contribution in [-0.2, 0) is 9.59 Å². The van der Waals surface area contributed by atoms with Crippen molar-refractivity contribution in [3.8, 4) is 0 Å². The summed E-state index contributed by atoms with van der Waals surface area (Å²) in [5.74, 6) is -1.12. The molecule has 0 heterocycles. The van der Waals surface area contributed by atoms with Crippen molar-refractivity contribution in [1.82, 2.24) is 15.1 Å². The summed E-state index contributed by atoms with van der Waals surface area (Å²) in [5.41, 5.74) is 0. The number of nitrogens with one attached hydrogen (secondary N) is 1. The van der Waals surface area contributed by atoms with E-state index in [1.165, 1.54) is 4.90 Å². The molecule has 1 aliphatic rings. The fourth-order valence-electron chi connectivity index (χ4n) is 1.96. The van der Waals surface area contributed by atoms with Crippen molar-refractivity contribution in [3.05, 3.63) is 0 Å². The monoisotopic (exact) mass is 285 g/mol. The zero-order valence-corrected chi connectivity index (χ0v) is 12.1. The highest BCUT2D eigenvalue weighted by molar-refractivity contribution is 5.84. The first kappa shape index (κ1) is 16.3. The lowest BCUT2D eigenvalue weighted by Crippen LogP contribution is -2.48. The molecule has 0 aromatic heterocycles. The third kappa shape index (κ3) is 5.07. The van der Waals surface area contributed by atoms with Crippen LogP contribution in [-0.4, -0.2) is 65.0 Å². The molecule has 1 aliphatic carbocycles. The number of carboxylic acid groups (broad SMARTS) is 1. The van der Waals surface area contributed by atoms with Crippen molar-refractivity contribution < 1.29 is 19.5 Å².